The number of hydrogen-bond acceptors (Lipinski definition) is 2. The minimum absolute atomic E-state index is 0.284. The summed E-state index contributed by atoms with van der Waals surface area (Å²) in [5.74, 6) is -0.859. The molecule has 0 aliphatic rings. The minimum atomic E-state index is -0.773. The van der Waals surface area contributed by atoms with Crippen molar-refractivity contribution < 1.29 is 8.78 Å². The third kappa shape index (κ3) is 6.19. The molecular weight excluding hydrogens is 390 g/mol. The Bertz CT molecular complexity index is 950. The lowest BCUT2D eigenvalue weighted by Crippen LogP contribution is -1.98. The molecule has 2 aromatic carbocycles. The molecule has 0 amide bonds. The molecular formula is C27H32F2N2. The van der Waals surface area contributed by atoms with Crippen molar-refractivity contribution in [2.75, 3.05) is 0 Å². The molecule has 3 rings (SSSR count). The zero-order valence-corrected chi connectivity index (χ0v) is 18.6. The van der Waals surface area contributed by atoms with Gasteiger partial charge in [-0.1, -0.05) is 82.3 Å². The van der Waals surface area contributed by atoms with Crippen LogP contribution in [0.1, 0.15) is 69.9 Å². The molecule has 164 valence electrons. The fraction of sp³-hybridized carbons (Fsp3) is 0.407. The molecule has 0 spiro atoms. The van der Waals surface area contributed by atoms with Crippen molar-refractivity contribution in [2.45, 2.75) is 71.6 Å². The summed E-state index contributed by atoms with van der Waals surface area (Å²) < 4.78 is 29.2. The molecule has 0 N–H and O–H groups in total. The Morgan fingerprint density at radius 3 is 1.94 bits per heavy atom. The van der Waals surface area contributed by atoms with Gasteiger partial charge in [0.25, 0.3) is 0 Å². The highest BCUT2D eigenvalue weighted by Crippen LogP contribution is 2.29. The van der Waals surface area contributed by atoms with Gasteiger partial charge in [0, 0.05) is 23.5 Å². The summed E-state index contributed by atoms with van der Waals surface area (Å²) in [4.78, 5) is 8.97. The van der Waals surface area contributed by atoms with E-state index in [1.54, 1.807) is 24.3 Å². The van der Waals surface area contributed by atoms with E-state index in [0.717, 1.165) is 43.2 Å². The monoisotopic (exact) mass is 422 g/mol. The summed E-state index contributed by atoms with van der Waals surface area (Å²) in [5.41, 5.74) is 3.39. The molecule has 1 heterocycles. The first-order chi connectivity index (χ1) is 15.1. The Hall–Kier alpha value is -2.62. The molecule has 0 saturated heterocycles. The molecule has 1 aromatic heterocycles. The van der Waals surface area contributed by atoms with Crippen LogP contribution in [0.5, 0.6) is 0 Å². The zero-order valence-electron chi connectivity index (χ0n) is 18.6. The average Bonchev–Trinajstić information content (AvgIpc) is 2.80. The molecule has 0 aliphatic heterocycles. The highest BCUT2D eigenvalue weighted by atomic mass is 19.2. The predicted octanol–water partition coefficient (Wildman–Crippen LogP) is 7.94. The van der Waals surface area contributed by atoms with Gasteiger partial charge in [-0.15, -0.1) is 0 Å². The van der Waals surface area contributed by atoms with E-state index >= 15 is 0 Å². The number of benzene rings is 2. The highest BCUT2D eigenvalue weighted by Gasteiger charge is 2.15. The molecule has 0 fully saturated rings. The van der Waals surface area contributed by atoms with Crippen molar-refractivity contribution >= 4 is 0 Å². The molecule has 31 heavy (non-hydrogen) atoms. The third-order valence-electron chi connectivity index (χ3n) is 5.69. The maximum atomic E-state index is 14.7. The average molecular weight is 423 g/mol. The van der Waals surface area contributed by atoms with Crippen LogP contribution in [0.2, 0.25) is 0 Å². The SMILES string of the molecule is CCCCCCc1cnc(-c2ccc(-c3ccc(CCCCC)c(F)c3F)cc2)nc1. The molecule has 0 atom stereocenters. The third-order valence-corrected chi connectivity index (χ3v) is 5.69. The summed E-state index contributed by atoms with van der Waals surface area (Å²) >= 11 is 0. The molecule has 0 radical (unpaired) electrons. The van der Waals surface area contributed by atoms with Gasteiger partial charge in [0.05, 0.1) is 0 Å². The number of rotatable bonds is 11. The molecule has 0 unspecified atom stereocenters. The van der Waals surface area contributed by atoms with Crippen LogP contribution in [0.3, 0.4) is 0 Å². The van der Waals surface area contributed by atoms with Gasteiger partial charge in [-0.3, -0.25) is 0 Å². The minimum Gasteiger partial charge on any atom is -0.236 e. The Balaban J connectivity index is 1.69. The van der Waals surface area contributed by atoms with Crippen molar-refractivity contribution in [2.24, 2.45) is 0 Å². The lowest BCUT2D eigenvalue weighted by atomic mass is 9.99. The number of nitrogens with zero attached hydrogens (tertiary/aromatic N) is 2. The Morgan fingerprint density at radius 2 is 1.26 bits per heavy atom. The fourth-order valence-electron chi connectivity index (χ4n) is 3.76. The van der Waals surface area contributed by atoms with Gasteiger partial charge < -0.3 is 0 Å². The summed E-state index contributed by atoms with van der Waals surface area (Å²) in [6, 6.07) is 10.7. The Morgan fingerprint density at radius 1 is 0.645 bits per heavy atom. The molecule has 2 nitrogen and oxygen atoms in total. The molecule has 0 aliphatic carbocycles. The summed E-state index contributed by atoms with van der Waals surface area (Å²) in [7, 11) is 0. The maximum absolute atomic E-state index is 14.7. The van der Waals surface area contributed by atoms with Gasteiger partial charge in [0.2, 0.25) is 0 Å². The fourth-order valence-corrected chi connectivity index (χ4v) is 3.76. The normalized spacial score (nSPS) is 11.1. The van der Waals surface area contributed by atoms with Crippen LogP contribution in [0.15, 0.2) is 48.8 Å². The second kappa shape index (κ2) is 11.7. The first kappa shape index (κ1) is 23.1. The lowest BCUT2D eigenvalue weighted by molar-refractivity contribution is 0.498. The first-order valence-corrected chi connectivity index (χ1v) is 11.5. The van der Waals surface area contributed by atoms with E-state index in [-0.39, 0.29) is 5.56 Å². The predicted molar refractivity (Wildman–Crippen MR) is 124 cm³/mol. The number of halogens is 2. The van der Waals surface area contributed by atoms with Crippen molar-refractivity contribution in [3.63, 3.8) is 0 Å². The summed E-state index contributed by atoms with van der Waals surface area (Å²) in [6.45, 7) is 4.30. The standard InChI is InChI=1S/C27H32F2N2/c1-3-5-7-9-10-20-18-30-27(31-19-20)23-14-12-21(13-15-23)24-17-16-22(11-8-6-4-2)25(28)26(24)29/h12-19H,3-11H2,1-2H3. The van der Waals surface area contributed by atoms with Gasteiger partial charge in [-0.05, 0) is 42.4 Å². The van der Waals surface area contributed by atoms with Gasteiger partial charge in [0.1, 0.15) is 0 Å². The smallest absolute Gasteiger partial charge is 0.166 e. The summed E-state index contributed by atoms with van der Waals surface area (Å²) in [6.07, 6.45) is 13.2. The Labute approximate surface area is 184 Å². The highest BCUT2D eigenvalue weighted by molar-refractivity contribution is 5.68. The summed E-state index contributed by atoms with van der Waals surface area (Å²) in [5, 5.41) is 0. The van der Waals surface area contributed by atoms with Gasteiger partial charge >= 0.3 is 0 Å². The van der Waals surface area contributed by atoms with Crippen LogP contribution >= 0.6 is 0 Å². The zero-order chi connectivity index (χ0) is 22.1. The van der Waals surface area contributed by atoms with E-state index in [1.807, 2.05) is 24.5 Å². The maximum Gasteiger partial charge on any atom is 0.166 e. The first-order valence-electron chi connectivity index (χ1n) is 11.5. The van der Waals surface area contributed by atoms with Gasteiger partial charge in [-0.2, -0.15) is 0 Å². The van der Waals surface area contributed by atoms with E-state index in [2.05, 4.69) is 23.8 Å². The van der Waals surface area contributed by atoms with E-state index in [4.69, 9.17) is 0 Å². The van der Waals surface area contributed by atoms with E-state index in [9.17, 15) is 8.78 Å². The van der Waals surface area contributed by atoms with E-state index in [0.29, 0.717) is 23.4 Å². The number of aromatic nitrogens is 2. The van der Waals surface area contributed by atoms with Crippen LogP contribution in [-0.2, 0) is 12.8 Å². The molecule has 3 aromatic rings. The van der Waals surface area contributed by atoms with Gasteiger partial charge in [-0.25, -0.2) is 18.7 Å². The number of hydrogen-bond donors (Lipinski definition) is 0. The second-order valence-electron chi connectivity index (χ2n) is 8.16. The van der Waals surface area contributed by atoms with Crippen LogP contribution in [-0.4, -0.2) is 9.97 Å². The van der Waals surface area contributed by atoms with Crippen LogP contribution < -0.4 is 0 Å². The quantitative estimate of drug-likeness (QED) is 0.293. The largest absolute Gasteiger partial charge is 0.236 e. The van der Waals surface area contributed by atoms with E-state index < -0.39 is 11.6 Å². The topological polar surface area (TPSA) is 25.8 Å². The number of unbranched alkanes of at least 4 members (excludes halogenated alkanes) is 5. The van der Waals surface area contributed by atoms with Crippen LogP contribution in [0.25, 0.3) is 22.5 Å². The molecule has 0 saturated carbocycles. The van der Waals surface area contributed by atoms with Gasteiger partial charge in [0.15, 0.2) is 17.5 Å². The van der Waals surface area contributed by atoms with Crippen molar-refractivity contribution in [3.8, 4) is 22.5 Å². The Kier molecular flexibility index (Phi) is 8.69. The molecule has 0 bridgehead atoms. The van der Waals surface area contributed by atoms with Crippen LogP contribution in [0.4, 0.5) is 8.78 Å². The number of aryl methyl sites for hydroxylation is 2. The molecule has 4 heteroatoms. The van der Waals surface area contributed by atoms with E-state index in [1.165, 1.54) is 19.3 Å². The second-order valence-corrected chi connectivity index (χ2v) is 8.16. The van der Waals surface area contributed by atoms with Crippen LogP contribution in [0, 0.1) is 11.6 Å². The van der Waals surface area contributed by atoms with Crippen molar-refractivity contribution in [1.29, 1.82) is 0 Å². The van der Waals surface area contributed by atoms with Crippen molar-refractivity contribution in [1.82, 2.24) is 9.97 Å². The van der Waals surface area contributed by atoms with Crippen molar-refractivity contribution in [3.05, 3.63) is 71.6 Å². The lowest BCUT2D eigenvalue weighted by Gasteiger charge is -2.10.